The van der Waals surface area contributed by atoms with Gasteiger partial charge in [0, 0.05) is 0 Å². The molecule has 1 unspecified atom stereocenters. The highest BCUT2D eigenvalue weighted by Gasteiger charge is 2.13. The molecule has 4 nitrogen and oxygen atoms in total. The Bertz CT molecular complexity index is 133. The van der Waals surface area contributed by atoms with Gasteiger partial charge in [0.05, 0.1) is 6.04 Å². The Balaban J connectivity index is 3.88. The average Bonchev–Trinajstić information content (AvgIpc) is 1.84. The van der Waals surface area contributed by atoms with Gasteiger partial charge in [-0.3, -0.25) is 5.41 Å². The molecule has 0 aromatic heterocycles. The Labute approximate surface area is 53.2 Å². The lowest BCUT2D eigenvalue weighted by Crippen LogP contribution is -2.34. The maximum absolute atomic E-state index is 10.00. The molecule has 9 heavy (non-hydrogen) atoms. The minimum Gasteiger partial charge on any atom is -0.477 e. The first-order valence-corrected chi connectivity index (χ1v) is 2.67. The number of carboxylic acids is 1. The van der Waals surface area contributed by atoms with Gasteiger partial charge in [0.2, 0.25) is 0 Å². The lowest BCUT2D eigenvalue weighted by Gasteiger charge is -2.03. The monoisotopic (exact) mass is 130 g/mol. The quantitative estimate of drug-likeness (QED) is 0.463. The zero-order valence-electron chi connectivity index (χ0n) is 5.22. The van der Waals surface area contributed by atoms with E-state index in [1.165, 1.54) is 0 Å². The molecule has 0 aromatic rings. The molecule has 0 saturated heterocycles. The molecule has 0 rings (SSSR count). The van der Waals surface area contributed by atoms with Crippen molar-refractivity contribution in [2.45, 2.75) is 19.4 Å². The molecule has 0 aliphatic carbocycles. The molecule has 0 spiro atoms. The van der Waals surface area contributed by atoms with E-state index in [2.05, 4.69) is 0 Å². The molecule has 0 amide bonds. The fourth-order valence-electron chi connectivity index (χ4n) is 0.363. The maximum atomic E-state index is 10.00. The molecule has 1 atom stereocenters. The van der Waals surface area contributed by atoms with Crippen molar-refractivity contribution in [3.63, 3.8) is 0 Å². The van der Waals surface area contributed by atoms with E-state index in [1.54, 1.807) is 6.92 Å². The van der Waals surface area contributed by atoms with Gasteiger partial charge < -0.3 is 10.8 Å². The molecular weight excluding hydrogens is 120 g/mol. The lowest BCUT2D eigenvalue weighted by atomic mass is 10.1. The molecule has 52 valence electrons. The highest BCUT2D eigenvalue weighted by molar-refractivity contribution is 6.36. The van der Waals surface area contributed by atoms with E-state index in [0.717, 1.165) is 0 Å². The Kier molecular flexibility index (Phi) is 2.87. The van der Waals surface area contributed by atoms with Crippen molar-refractivity contribution in [3.05, 3.63) is 0 Å². The molecule has 4 heteroatoms. The summed E-state index contributed by atoms with van der Waals surface area (Å²) < 4.78 is 0. The maximum Gasteiger partial charge on any atom is 0.351 e. The van der Waals surface area contributed by atoms with Crippen LogP contribution in [-0.4, -0.2) is 22.8 Å². The molecule has 4 N–H and O–H groups in total. The second-order valence-corrected chi connectivity index (χ2v) is 1.73. The molecule has 0 heterocycles. The first kappa shape index (κ1) is 8.10. The lowest BCUT2D eigenvalue weighted by molar-refractivity contribution is -0.129. The van der Waals surface area contributed by atoms with E-state index < -0.39 is 17.7 Å². The SMILES string of the molecule is CCC(N)C(=N)C(=O)O. The van der Waals surface area contributed by atoms with Crippen LogP contribution in [0.3, 0.4) is 0 Å². The molecule has 0 radical (unpaired) electrons. The summed E-state index contributed by atoms with van der Waals surface area (Å²) in [6.45, 7) is 1.74. The third kappa shape index (κ3) is 2.23. The molecule has 0 aromatic carbocycles. The normalized spacial score (nSPS) is 12.7. The van der Waals surface area contributed by atoms with Crippen molar-refractivity contribution in [1.29, 1.82) is 5.41 Å². The van der Waals surface area contributed by atoms with Crippen LogP contribution in [0.2, 0.25) is 0 Å². The molecular formula is C5H10N2O2. The van der Waals surface area contributed by atoms with Crippen molar-refractivity contribution in [2.24, 2.45) is 5.73 Å². The standard InChI is InChI=1S/C5H10N2O2/c1-2-3(6)4(7)5(8)9/h3,7H,2,6H2,1H3,(H,8,9). The van der Waals surface area contributed by atoms with Gasteiger partial charge in [-0.05, 0) is 6.42 Å². The average molecular weight is 130 g/mol. The van der Waals surface area contributed by atoms with Gasteiger partial charge in [0.1, 0.15) is 5.71 Å². The Hall–Kier alpha value is -0.900. The van der Waals surface area contributed by atoms with Gasteiger partial charge in [-0.1, -0.05) is 6.92 Å². The van der Waals surface area contributed by atoms with Crippen molar-refractivity contribution < 1.29 is 9.90 Å². The Morgan fingerprint density at radius 1 is 1.89 bits per heavy atom. The zero-order chi connectivity index (χ0) is 7.44. The number of nitrogens with one attached hydrogen (secondary N) is 1. The summed E-state index contributed by atoms with van der Waals surface area (Å²) in [6.07, 6.45) is 0.491. The molecule has 0 saturated carbocycles. The van der Waals surface area contributed by atoms with E-state index in [0.29, 0.717) is 6.42 Å². The first-order valence-electron chi connectivity index (χ1n) is 2.67. The van der Waals surface area contributed by atoms with Crippen molar-refractivity contribution >= 4 is 11.7 Å². The van der Waals surface area contributed by atoms with Gasteiger partial charge in [-0.2, -0.15) is 0 Å². The number of aliphatic carboxylic acids is 1. The van der Waals surface area contributed by atoms with E-state index in [1.807, 2.05) is 0 Å². The van der Waals surface area contributed by atoms with Crippen LogP contribution in [-0.2, 0) is 4.79 Å². The number of carbonyl (C=O) groups is 1. The number of rotatable bonds is 3. The van der Waals surface area contributed by atoms with E-state index >= 15 is 0 Å². The molecule has 0 bridgehead atoms. The fraction of sp³-hybridized carbons (Fsp3) is 0.600. The summed E-state index contributed by atoms with van der Waals surface area (Å²) in [5.41, 5.74) is 4.79. The van der Waals surface area contributed by atoms with Crippen LogP contribution in [0.4, 0.5) is 0 Å². The zero-order valence-corrected chi connectivity index (χ0v) is 5.22. The first-order chi connectivity index (χ1) is 4.09. The minimum absolute atomic E-state index is 0.419. The summed E-state index contributed by atoms with van der Waals surface area (Å²) in [7, 11) is 0. The van der Waals surface area contributed by atoms with Gasteiger partial charge in [0.25, 0.3) is 0 Å². The summed E-state index contributed by atoms with van der Waals surface area (Å²) in [4.78, 5) is 10.00. The number of hydrogen-bond donors (Lipinski definition) is 3. The van der Waals surface area contributed by atoms with Gasteiger partial charge in [-0.25, -0.2) is 4.79 Å². The topological polar surface area (TPSA) is 87.2 Å². The predicted molar refractivity (Wildman–Crippen MR) is 33.6 cm³/mol. The van der Waals surface area contributed by atoms with E-state index in [9.17, 15) is 4.79 Å². The van der Waals surface area contributed by atoms with Crippen LogP contribution in [0.5, 0.6) is 0 Å². The highest BCUT2D eigenvalue weighted by atomic mass is 16.4. The second-order valence-electron chi connectivity index (χ2n) is 1.73. The van der Waals surface area contributed by atoms with Gasteiger partial charge >= 0.3 is 5.97 Å². The minimum atomic E-state index is -1.23. The molecule has 0 aliphatic rings. The number of hydrogen-bond acceptors (Lipinski definition) is 3. The number of nitrogens with two attached hydrogens (primary N) is 1. The van der Waals surface area contributed by atoms with Crippen LogP contribution in [0.15, 0.2) is 0 Å². The van der Waals surface area contributed by atoms with Gasteiger partial charge in [0.15, 0.2) is 0 Å². The number of carboxylic acid groups (broad SMARTS) is 1. The van der Waals surface area contributed by atoms with Gasteiger partial charge in [-0.15, -0.1) is 0 Å². The molecule has 0 fully saturated rings. The summed E-state index contributed by atoms with van der Waals surface area (Å²) >= 11 is 0. The largest absolute Gasteiger partial charge is 0.477 e. The van der Waals surface area contributed by atoms with Crippen LogP contribution >= 0.6 is 0 Å². The Morgan fingerprint density at radius 3 is 2.44 bits per heavy atom. The van der Waals surface area contributed by atoms with E-state index in [4.69, 9.17) is 16.2 Å². The fourth-order valence-corrected chi connectivity index (χ4v) is 0.363. The highest BCUT2D eigenvalue weighted by Crippen LogP contribution is 1.87. The third-order valence-corrected chi connectivity index (χ3v) is 1.04. The van der Waals surface area contributed by atoms with Crippen LogP contribution < -0.4 is 5.73 Å². The van der Waals surface area contributed by atoms with Crippen molar-refractivity contribution in [2.75, 3.05) is 0 Å². The summed E-state index contributed by atoms with van der Waals surface area (Å²) in [6, 6.07) is -0.623. The summed E-state index contributed by atoms with van der Waals surface area (Å²) in [5, 5.41) is 15.0. The van der Waals surface area contributed by atoms with Crippen molar-refractivity contribution in [3.8, 4) is 0 Å². The third-order valence-electron chi connectivity index (χ3n) is 1.04. The summed E-state index contributed by atoms with van der Waals surface area (Å²) in [5.74, 6) is -1.23. The smallest absolute Gasteiger partial charge is 0.351 e. The second kappa shape index (κ2) is 3.19. The predicted octanol–water partition coefficient (Wildman–Crippen LogP) is -0.172. The van der Waals surface area contributed by atoms with Crippen LogP contribution in [0.1, 0.15) is 13.3 Å². The van der Waals surface area contributed by atoms with Crippen molar-refractivity contribution in [1.82, 2.24) is 0 Å². The molecule has 0 aliphatic heterocycles. The van der Waals surface area contributed by atoms with Crippen LogP contribution in [0, 0.1) is 5.41 Å². The van der Waals surface area contributed by atoms with E-state index in [-0.39, 0.29) is 0 Å². The Morgan fingerprint density at radius 2 is 2.33 bits per heavy atom. The van der Waals surface area contributed by atoms with Crippen LogP contribution in [0.25, 0.3) is 0 Å².